The molecule has 0 saturated carbocycles. The normalized spacial score (nSPS) is 24.3. The smallest absolute Gasteiger partial charge is 0.236 e. The maximum Gasteiger partial charge on any atom is 0.236 e. The van der Waals surface area contributed by atoms with Gasteiger partial charge in [-0.25, -0.2) is 0 Å². The van der Waals surface area contributed by atoms with Gasteiger partial charge in [0.05, 0.1) is 6.04 Å². The van der Waals surface area contributed by atoms with Crippen molar-refractivity contribution in [2.45, 2.75) is 18.7 Å². The van der Waals surface area contributed by atoms with E-state index in [0.717, 1.165) is 22.7 Å². The number of benzene rings is 3. The van der Waals surface area contributed by atoms with Crippen molar-refractivity contribution in [1.29, 1.82) is 0 Å². The molecule has 6 heteroatoms. The maximum atomic E-state index is 13.6. The van der Waals surface area contributed by atoms with Gasteiger partial charge in [-0.2, -0.15) is 0 Å². The summed E-state index contributed by atoms with van der Waals surface area (Å²) in [4.78, 5) is 15.5. The van der Waals surface area contributed by atoms with E-state index in [1.807, 2.05) is 96.8 Å². The molecule has 2 N–H and O–H groups in total. The Morgan fingerprint density at radius 3 is 2.37 bits per heavy atom. The molecule has 2 heterocycles. The van der Waals surface area contributed by atoms with Crippen LogP contribution >= 0.6 is 12.2 Å². The van der Waals surface area contributed by atoms with E-state index in [1.165, 1.54) is 0 Å². The Kier molecular flexibility index (Phi) is 4.44. The fraction of sp³-hybridized carbons (Fsp3) is 0.167. The number of rotatable bonds is 3. The number of thiocarbonyl (C=S) groups is 1. The number of para-hydroxylation sites is 3. The molecule has 5 rings (SSSR count). The maximum absolute atomic E-state index is 13.6. The summed E-state index contributed by atoms with van der Waals surface area (Å²) in [7, 11) is 0. The number of carbonyl (C=O) groups excluding carboxylic acids is 1. The summed E-state index contributed by atoms with van der Waals surface area (Å²) >= 11 is 5.74. The lowest BCUT2D eigenvalue weighted by molar-refractivity contribution is -0.130. The third-order valence-corrected chi connectivity index (χ3v) is 6.05. The van der Waals surface area contributed by atoms with Crippen molar-refractivity contribution in [3.63, 3.8) is 0 Å². The molecule has 2 bridgehead atoms. The molecular formula is C24H21N3O2S. The number of hydrogen-bond donors (Lipinski definition) is 2. The number of nitrogens with zero attached hydrogens (tertiary/aromatic N) is 1. The second-order valence-electron chi connectivity index (χ2n) is 7.63. The Morgan fingerprint density at radius 1 is 1.00 bits per heavy atom. The summed E-state index contributed by atoms with van der Waals surface area (Å²) in [6.07, 6.45) is 0. The molecule has 3 aromatic carbocycles. The molecular weight excluding hydrogens is 394 g/mol. The summed E-state index contributed by atoms with van der Waals surface area (Å²) in [6, 6.07) is 26.8. The molecule has 0 spiro atoms. The second-order valence-corrected chi connectivity index (χ2v) is 8.01. The lowest BCUT2D eigenvalue weighted by atomic mass is 9.78. The monoisotopic (exact) mass is 415 g/mol. The van der Waals surface area contributed by atoms with Crippen LogP contribution in [0.4, 0.5) is 11.4 Å². The first-order valence-electron chi connectivity index (χ1n) is 9.87. The fourth-order valence-electron chi connectivity index (χ4n) is 4.44. The van der Waals surface area contributed by atoms with E-state index >= 15 is 0 Å². The van der Waals surface area contributed by atoms with E-state index in [9.17, 15) is 4.79 Å². The number of carbonyl (C=O) groups is 1. The van der Waals surface area contributed by atoms with Crippen LogP contribution in [-0.4, -0.2) is 16.7 Å². The lowest BCUT2D eigenvalue weighted by Gasteiger charge is -2.56. The van der Waals surface area contributed by atoms with Gasteiger partial charge in [-0.1, -0.05) is 54.6 Å². The largest absolute Gasteiger partial charge is 0.467 e. The Balaban J connectivity index is 1.63. The van der Waals surface area contributed by atoms with Gasteiger partial charge in [0.15, 0.2) is 10.8 Å². The average Bonchev–Trinajstić information content (AvgIpc) is 2.74. The van der Waals surface area contributed by atoms with Crippen molar-refractivity contribution in [3.05, 3.63) is 90.5 Å². The van der Waals surface area contributed by atoms with Crippen LogP contribution in [0.2, 0.25) is 0 Å². The highest BCUT2D eigenvalue weighted by Gasteiger charge is 2.59. The minimum absolute atomic E-state index is 0.126. The summed E-state index contributed by atoms with van der Waals surface area (Å²) in [5, 5.41) is 7.00. The van der Waals surface area contributed by atoms with E-state index in [4.69, 9.17) is 17.0 Å². The molecule has 5 nitrogen and oxygen atoms in total. The molecule has 150 valence electrons. The molecule has 1 saturated heterocycles. The Hall–Kier alpha value is -3.38. The number of nitrogens with one attached hydrogen (secondary N) is 2. The molecule has 1 amide bonds. The minimum atomic E-state index is -0.998. The number of fused-ring (bicyclic) bond motifs is 4. The van der Waals surface area contributed by atoms with Gasteiger partial charge in [0.25, 0.3) is 0 Å². The number of hydrogen-bond acceptors (Lipinski definition) is 3. The summed E-state index contributed by atoms with van der Waals surface area (Å²) in [5.41, 5.74) is 1.55. The Bertz CT molecular complexity index is 1110. The Labute approximate surface area is 180 Å². The molecule has 0 aromatic heterocycles. The van der Waals surface area contributed by atoms with Crippen LogP contribution in [0.15, 0.2) is 84.9 Å². The molecule has 3 atom stereocenters. The van der Waals surface area contributed by atoms with Crippen molar-refractivity contribution < 1.29 is 9.53 Å². The summed E-state index contributed by atoms with van der Waals surface area (Å²) in [6.45, 7) is 1.94. The lowest BCUT2D eigenvalue weighted by Crippen LogP contribution is -2.72. The molecule has 0 radical (unpaired) electrons. The van der Waals surface area contributed by atoms with Gasteiger partial charge in [-0.3, -0.25) is 9.69 Å². The van der Waals surface area contributed by atoms with E-state index in [1.54, 1.807) is 0 Å². The Morgan fingerprint density at radius 2 is 1.63 bits per heavy atom. The van der Waals surface area contributed by atoms with Crippen molar-refractivity contribution in [3.8, 4) is 5.75 Å². The van der Waals surface area contributed by atoms with E-state index < -0.39 is 11.6 Å². The highest BCUT2D eigenvalue weighted by Crippen LogP contribution is 2.49. The van der Waals surface area contributed by atoms with E-state index in [0.29, 0.717) is 5.11 Å². The van der Waals surface area contributed by atoms with Crippen molar-refractivity contribution in [2.75, 3.05) is 10.2 Å². The van der Waals surface area contributed by atoms with Gasteiger partial charge in [-0.15, -0.1) is 0 Å². The van der Waals surface area contributed by atoms with Crippen LogP contribution in [0.25, 0.3) is 0 Å². The van der Waals surface area contributed by atoms with Crippen LogP contribution in [0.1, 0.15) is 18.5 Å². The standard InChI is InChI=1S/C24H21N3O2S/c1-24-20(22(28)25-16-10-4-2-5-11-16)21(18-14-8-9-15-19(18)29-24)26-23(30)27(24)17-12-6-3-7-13-17/h2-15,20-21H,1H3,(H,25,28)(H,26,30)/t20-,21+,24+/m0/s1. The first-order chi connectivity index (χ1) is 14.6. The highest BCUT2D eigenvalue weighted by atomic mass is 32.1. The van der Waals surface area contributed by atoms with Crippen molar-refractivity contribution in [1.82, 2.24) is 5.32 Å². The van der Waals surface area contributed by atoms with Crippen LogP contribution in [-0.2, 0) is 4.79 Å². The topological polar surface area (TPSA) is 53.6 Å². The minimum Gasteiger partial charge on any atom is -0.467 e. The zero-order valence-corrected chi connectivity index (χ0v) is 17.2. The molecule has 30 heavy (non-hydrogen) atoms. The van der Waals surface area contributed by atoms with Crippen LogP contribution < -0.4 is 20.3 Å². The predicted octanol–water partition coefficient (Wildman–Crippen LogP) is 4.49. The van der Waals surface area contributed by atoms with Crippen molar-refractivity contribution >= 4 is 34.6 Å². The van der Waals surface area contributed by atoms with Gasteiger partial charge in [0.2, 0.25) is 5.91 Å². The SMILES string of the molecule is C[C@]12Oc3ccccc3[C@@H](NC(=S)N1c1ccccc1)[C@H]2C(=O)Nc1ccccc1. The third-order valence-electron chi connectivity index (χ3n) is 5.75. The first-order valence-corrected chi connectivity index (χ1v) is 10.3. The molecule has 3 aromatic rings. The van der Waals surface area contributed by atoms with Crippen molar-refractivity contribution in [2.24, 2.45) is 5.92 Å². The van der Waals surface area contributed by atoms with E-state index in [2.05, 4.69) is 10.6 Å². The first kappa shape index (κ1) is 18.6. The zero-order chi connectivity index (χ0) is 20.7. The third kappa shape index (κ3) is 2.92. The second kappa shape index (κ2) is 7.15. The van der Waals surface area contributed by atoms with Gasteiger partial charge >= 0.3 is 0 Å². The fourth-order valence-corrected chi connectivity index (χ4v) is 4.85. The van der Waals surface area contributed by atoms with Crippen LogP contribution in [0.5, 0.6) is 5.75 Å². The number of amides is 1. The van der Waals surface area contributed by atoms with Gasteiger partial charge in [0.1, 0.15) is 11.7 Å². The highest BCUT2D eigenvalue weighted by molar-refractivity contribution is 7.80. The van der Waals surface area contributed by atoms with Crippen LogP contribution in [0, 0.1) is 5.92 Å². The predicted molar refractivity (Wildman–Crippen MR) is 121 cm³/mol. The molecule has 1 fully saturated rings. The number of anilines is 2. The van der Waals surface area contributed by atoms with Gasteiger partial charge in [0, 0.05) is 16.9 Å². The zero-order valence-electron chi connectivity index (χ0n) is 16.4. The van der Waals surface area contributed by atoms with Crippen LogP contribution in [0.3, 0.4) is 0 Å². The van der Waals surface area contributed by atoms with E-state index in [-0.39, 0.29) is 11.9 Å². The molecule has 0 aliphatic carbocycles. The quantitative estimate of drug-likeness (QED) is 0.618. The molecule has 2 aliphatic rings. The summed E-state index contributed by atoms with van der Waals surface area (Å²) < 4.78 is 6.54. The summed E-state index contributed by atoms with van der Waals surface area (Å²) in [5.74, 6) is 0.0864. The number of ether oxygens (including phenoxy) is 1. The molecule has 0 unspecified atom stereocenters. The van der Waals surface area contributed by atoms with Gasteiger partial charge < -0.3 is 15.4 Å². The average molecular weight is 416 g/mol. The molecule has 2 aliphatic heterocycles. The van der Waals surface area contributed by atoms with Gasteiger partial charge in [-0.05, 0) is 49.5 Å².